The van der Waals surface area contributed by atoms with E-state index >= 15 is 0 Å². The lowest BCUT2D eigenvalue weighted by molar-refractivity contribution is 0.0974. The minimum atomic E-state index is -0.363. The van der Waals surface area contributed by atoms with Gasteiger partial charge in [-0.05, 0) is 48.3 Å². The quantitative estimate of drug-likeness (QED) is 0.783. The molecule has 1 aliphatic rings. The van der Waals surface area contributed by atoms with Crippen molar-refractivity contribution < 1.29 is 4.79 Å². The Kier molecular flexibility index (Phi) is 3.31. The summed E-state index contributed by atoms with van der Waals surface area (Å²) in [7, 11) is 0. The van der Waals surface area contributed by atoms with Crippen LogP contribution in [-0.4, -0.2) is 15.5 Å². The number of aryl methyl sites for hydroxylation is 1. The normalized spacial score (nSPS) is 16.8. The molecular formula is C17H14N4OS. The van der Waals surface area contributed by atoms with Gasteiger partial charge >= 0.3 is 0 Å². The number of benzene rings is 2. The summed E-state index contributed by atoms with van der Waals surface area (Å²) in [6, 6.07) is 15.4. The molecule has 4 rings (SSSR count). The second-order valence-electron chi connectivity index (χ2n) is 5.44. The van der Waals surface area contributed by atoms with Crippen molar-refractivity contribution in [1.29, 1.82) is 0 Å². The summed E-state index contributed by atoms with van der Waals surface area (Å²) in [6.07, 6.45) is -0.363. The standard InChI is InChI=1S/C17H14N4OS/c1-11-5-4-6-12(9-11)21-16(15-10-23-20-19-15)18-14-8-3-2-7-13(14)17(21)22/h2-10,16,18H,1H3/t16-/m1/s1. The van der Waals surface area contributed by atoms with Crippen molar-refractivity contribution in [3.63, 3.8) is 0 Å². The van der Waals surface area contributed by atoms with Crippen LogP contribution in [0.15, 0.2) is 53.9 Å². The minimum absolute atomic E-state index is 0.0389. The van der Waals surface area contributed by atoms with Crippen LogP contribution in [0.25, 0.3) is 0 Å². The van der Waals surface area contributed by atoms with Crippen LogP contribution >= 0.6 is 11.5 Å². The second-order valence-corrected chi connectivity index (χ2v) is 6.05. The van der Waals surface area contributed by atoms with Crippen molar-refractivity contribution in [2.24, 2.45) is 0 Å². The molecule has 23 heavy (non-hydrogen) atoms. The van der Waals surface area contributed by atoms with Crippen LogP contribution in [-0.2, 0) is 0 Å². The van der Waals surface area contributed by atoms with Gasteiger partial charge in [-0.1, -0.05) is 28.8 Å². The highest BCUT2D eigenvalue weighted by molar-refractivity contribution is 7.03. The fourth-order valence-electron chi connectivity index (χ4n) is 2.80. The number of para-hydroxylation sites is 1. The largest absolute Gasteiger partial charge is 0.359 e. The van der Waals surface area contributed by atoms with Crippen molar-refractivity contribution in [3.8, 4) is 0 Å². The molecule has 1 aromatic heterocycles. The molecule has 0 unspecified atom stereocenters. The highest BCUT2D eigenvalue weighted by Crippen LogP contribution is 2.36. The van der Waals surface area contributed by atoms with E-state index in [1.807, 2.05) is 60.8 Å². The van der Waals surface area contributed by atoms with Crippen LogP contribution in [0.1, 0.15) is 27.8 Å². The van der Waals surface area contributed by atoms with E-state index in [0.29, 0.717) is 5.56 Å². The molecular weight excluding hydrogens is 308 g/mol. The maximum atomic E-state index is 13.1. The van der Waals surface area contributed by atoms with Crippen molar-refractivity contribution in [2.75, 3.05) is 10.2 Å². The van der Waals surface area contributed by atoms with Gasteiger partial charge in [0.15, 0.2) is 6.17 Å². The molecule has 5 nitrogen and oxygen atoms in total. The first kappa shape index (κ1) is 13.9. The predicted octanol–water partition coefficient (Wildman–Crippen LogP) is 3.62. The van der Waals surface area contributed by atoms with Crippen LogP contribution in [0.2, 0.25) is 0 Å². The Morgan fingerprint density at radius 3 is 2.83 bits per heavy atom. The second kappa shape index (κ2) is 5.48. The number of carbonyl (C=O) groups excluding carboxylic acids is 1. The molecule has 6 heteroatoms. The average molecular weight is 322 g/mol. The monoisotopic (exact) mass is 322 g/mol. The predicted molar refractivity (Wildman–Crippen MR) is 90.7 cm³/mol. The Bertz CT molecular complexity index is 863. The molecule has 0 aliphatic carbocycles. The lowest BCUT2D eigenvalue weighted by Crippen LogP contribution is -2.43. The number of amides is 1. The third kappa shape index (κ3) is 2.37. The molecule has 3 aromatic rings. The molecule has 1 aliphatic heterocycles. The van der Waals surface area contributed by atoms with Gasteiger partial charge in [-0.3, -0.25) is 9.69 Å². The molecule has 0 saturated heterocycles. The van der Waals surface area contributed by atoms with E-state index in [1.54, 1.807) is 4.90 Å². The van der Waals surface area contributed by atoms with Gasteiger partial charge in [0, 0.05) is 16.8 Å². The van der Waals surface area contributed by atoms with Crippen LogP contribution in [0.5, 0.6) is 0 Å². The molecule has 114 valence electrons. The van der Waals surface area contributed by atoms with Crippen LogP contribution in [0.4, 0.5) is 11.4 Å². The average Bonchev–Trinajstić information content (AvgIpc) is 3.09. The summed E-state index contributed by atoms with van der Waals surface area (Å²) in [4.78, 5) is 14.8. The molecule has 1 atom stereocenters. The number of hydrogen-bond acceptors (Lipinski definition) is 5. The third-order valence-electron chi connectivity index (χ3n) is 3.86. The Labute approximate surface area is 137 Å². The highest BCUT2D eigenvalue weighted by Gasteiger charge is 2.35. The third-order valence-corrected chi connectivity index (χ3v) is 4.39. The number of nitrogens with one attached hydrogen (secondary N) is 1. The number of anilines is 2. The number of rotatable bonds is 2. The van der Waals surface area contributed by atoms with Gasteiger partial charge in [-0.25, -0.2) is 0 Å². The molecule has 0 radical (unpaired) electrons. The first-order valence-corrected chi connectivity index (χ1v) is 8.10. The zero-order valence-electron chi connectivity index (χ0n) is 12.4. The van der Waals surface area contributed by atoms with Crippen molar-refractivity contribution in [3.05, 3.63) is 70.7 Å². The van der Waals surface area contributed by atoms with Gasteiger partial charge in [-0.2, -0.15) is 0 Å². The first-order chi connectivity index (χ1) is 11.2. The van der Waals surface area contributed by atoms with E-state index in [1.165, 1.54) is 11.5 Å². The summed E-state index contributed by atoms with van der Waals surface area (Å²) in [5.74, 6) is -0.0389. The molecule has 0 saturated carbocycles. The number of hydrogen-bond donors (Lipinski definition) is 1. The van der Waals surface area contributed by atoms with E-state index in [2.05, 4.69) is 14.9 Å². The topological polar surface area (TPSA) is 58.1 Å². The van der Waals surface area contributed by atoms with Gasteiger partial charge in [0.2, 0.25) is 0 Å². The van der Waals surface area contributed by atoms with Gasteiger partial charge in [0.25, 0.3) is 5.91 Å². The van der Waals surface area contributed by atoms with Gasteiger partial charge in [0.05, 0.1) is 5.56 Å². The lowest BCUT2D eigenvalue weighted by atomic mass is 10.0. The van der Waals surface area contributed by atoms with Gasteiger partial charge in [0.1, 0.15) is 5.69 Å². The lowest BCUT2D eigenvalue weighted by Gasteiger charge is -2.36. The Hall–Kier alpha value is -2.73. The molecule has 1 N–H and O–H groups in total. The summed E-state index contributed by atoms with van der Waals surface area (Å²) < 4.78 is 3.94. The van der Waals surface area contributed by atoms with Gasteiger partial charge < -0.3 is 5.32 Å². The van der Waals surface area contributed by atoms with Gasteiger partial charge in [-0.15, -0.1) is 5.10 Å². The SMILES string of the molecule is Cc1cccc(N2C(=O)c3ccccc3N[C@H]2c2csnn2)c1. The maximum absolute atomic E-state index is 13.1. The zero-order valence-corrected chi connectivity index (χ0v) is 13.2. The summed E-state index contributed by atoms with van der Waals surface area (Å²) in [5, 5.41) is 9.43. The number of carbonyl (C=O) groups is 1. The molecule has 0 spiro atoms. The van der Waals surface area contributed by atoms with E-state index in [4.69, 9.17) is 0 Å². The molecule has 1 amide bonds. The number of fused-ring (bicyclic) bond motifs is 1. The fraction of sp³-hybridized carbons (Fsp3) is 0.118. The first-order valence-electron chi connectivity index (χ1n) is 7.27. The molecule has 0 bridgehead atoms. The fourth-order valence-corrected chi connectivity index (χ4v) is 3.27. The Morgan fingerprint density at radius 2 is 2.04 bits per heavy atom. The number of nitrogens with zero attached hydrogens (tertiary/aromatic N) is 3. The molecule has 2 aromatic carbocycles. The molecule has 0 fully saturated rings. The molecule has 2 heterocycles. The maximum Gasteiger partial charge on any atom is 0.262 e. The Balaban J connectivity index is 1.87. The summed E-state index contributed by atoms with van der Waals surface area (Å²) in [5.41, 5.74) is 4.16. The summed E-state index contributed by atoms with van der Waals surface area (Å²) >= 11 is 1.28. The van der Waals surface area contributed by atoms with E-state index in [-0.39, 0.29) is 12.1 Å². The number of aromatic nitrogens is 2. The van der Waals surface area contributed by atoms with Crippen LogP contribution in [0, 0.1) is 6.92 Å². The van der Waals surface area contributed by atoms with E-state index in [9.17, 15) is 4.79 Å². The zero-order chi connectivity index (χ0) is 15.8. The van der Waals surface area contributed by atoms with E-state index in [0.717, 1.165) is 22.6 Å². The Morgan fingerprint density at radius 1 is 1.17 bits per heavy atom. The summed E-state index contributed by atoms with van der Waals surface area (Å²) in [6.45, 7) is 2.01. The minimum Gasteiger partial charge on any atom is -0.359 e. The van der Waals surface area contributed by atoms with Crippen LogP contribution < -0.4 is 10.2 Å². The van der Waals surface area contributed by atoms with Crippen molar-refractivity contribution >= 4 is 28.8 Å². The van der Waals surface area contributed by atoms with E-state index < -0.39 is 0 Å². The van der Waals surface area contributed by atoms with Crippen molar-refractivity contribution in [2.45, 2.75) is 13.1 Å². The van der Waals surface area contributed by atoms with Crippen molar-refractivity contribution in [1.82, 2.24) is 9.59 Å². The smallest absolute Gasteiger partial charge is 0.262 e. The van der Waals surface area contributed by atoms with Crippen LogP contribution in [0.3, 0.4) is 0 Å². The highest BCUT2D eigenvalue weighted by atomic mass is 32.1.